The van der Waals surface area contributed by atoms with Crippen LogP contribution in [0.25, 0.3) is 0 Å². The van der Waals surface area contributed by atoms with Crippen LogP contribution in [0.2, 0.25) is 0 Å². The van der Waals surface area contributed by atoms with Crippen molar-refractivity contribution in [3.8, 4) is 0 Å². The van der Waals surface area contributed by atoms with Crippen molar-refractivity contribution in [1.82, 2.24) is 10.2 Å². The highest BCUT2D eigenvalue weighted by Crippen LogP contribution is 2.66. The number of carbonyl (C=O) groups excluding carboxylic acids is 2. The minimum Gasteiger partial charge on any atom is -0.312 e. The Hall–Kier alpha value is -1.76. The van der Waals surface area contributed by atoms with Gasteiger partial charge in [-0.2, -0.15) is 0 Å². The Morgan fingerprint density at radius 2 is 2.00 bits per heavy atom. The number of halogens is 1. The van der Waals surface area contributed by atoms with Gasteiger partial charge in [0, 0.05) is 24.9 Å². The number of allylic oxidation sites excluding steroid dienone is 1. The molecule has 1 heterocycles. The standard InChI is InChI=1S/C30H46FN3O3/c1-19-15-22(32-17-19)18-34(14-13-31)28(36)37-33-20(2)25-7-8-26-24-6-5-21-16-23(35)9-11-29(21,3)27(24)10-12-30(25,26)4/h16,19,22,24-27,32H,5-15,17-18H2,1-4H3/b33-20+/t19?,22?,24-,25+,26-,27-,29-,30+/m0/s1. The van der Waals surface area contributed by atoms with Crippen molar-refractivity contribution in [3.05, 3.63) is 11.6 Å². The number of hydrogen-bond acceptors (Lipinski definition) is 5. The smallest absolute Gasteiger partial charge is 0.312 e. The molecule has 0 aromatic heterocycles. The number of carbonyl (C=O) groups is 2. The first-order chi connectivity index (χ1) is 17.7. The Labute approximate surface area is 221 Å². The number of nitrogens with zero attached hydrogens (tertiary/aromatic N) is 2. The second-order valence-electron chi connectivity index (χ2n) is 13.3. The van der Waals surface area contributed by atoms with Gasteiger partial charge in [-0.1, -0.05) is 31.5 Å². The lowest BCUT2D eigenvalue weighted by Gasteiger charge is -2.58. The Morgan fingerprint density at radius 3 is 2.73 bits per heavy atom. The molecule has 8 atom stereocenters. The van der Waals surface area contributed by atoms with Crippen LogP contribution in [0.15, 0.2) is 16.8 Å². The molecule has 7 heteroatoms. The fraction of sp³-hybridized carbons (Fsp3) is 0.833. The minimum atomic E-state index is -0.588. The van der Waals surface area contributed by atoms with E-state index < -0.39 is 12.8 Å². The Balaban J connectivity index is 1.25. The maximum atomic E-state index is 13.2. The van der Waals surface area contributed by atoms with Gasteiger partial charge >= 0.3 is 6.09 Å². The van der Waals surface area contributed by atoms with Gasteiger partial charge in [0.25, 0.3) is 0 Å². The van der Waals surface area contributed by atoms with Crippen molar-refractivity contribution in [1.29, 1.82) is 0 Å². The van der Waals surface area contributed by atoms with Crippen LogP contribution in [-0.2, 0) is 9.63 Å². The van der Waals surface area contributed by atoms with E-state index in [1.165, 1.54) is 29.7 Å². The van der Waals surface area contributed by atoms with E-state index in [-0.39, 0.29) is 23.4 Å². The van der Waals surface area contributed by atoms with Crippen LogP contribution >= 0.6 is 0 Å². The van der Waals surface area contributed by atoms with Gasteiger partial charge in [0.05, 0.1) is 12.3 Å². The van der Waals surface area contributed by atoms with Gasteiger partial charge in [-0.25, -0.2) is 9.18 Å². The third-order valence-electron chi connectivity index (χ3n) is 11.2. The summed E-state index contributed by atoms with van der Waals surface area (Å²) in [6.07, 6.45) is 11.0. The number of hydrogen-bond donors (Lipinski definition) is 1. The number of fused-ring (bicyclic) bond motifs is 5. The largest absolute Gasteiger partial charge is 0.436 e. The van der Waals surface area contributed by atoms with Crippen molar-refractivity contribution in [2.45, 2.75) is 91.5 Å². The first-order valence-electron chi connectivity index (χ1n) is 14.7. The Morgan fingerprint density at radius 1 is 1.19 bits per heavy atom. The number of amides is 1. The number of alkyl halides is 1. The lowest BCUT2D eigenvalue weighted by molar-refractivity contribution is -0.117. The molecule has 1 amide bonds. The summed E-state index contributed by atoms with van der Waals surface area (Å²) >= 11 is 0. The van der Waals surface area contributed by atoms with Gasteiger partial charge in [-0.05, 0) is 105 Å². The average Bonchev–Trinajstić information content (AvgIpc) is 3.44. The zero-order valence-corrected chi connectivity index (χ0v) is 23.2. The van der Waals surface area contributed by atoms with Gasteiger partial charge in [-0.15, -0.1) is 0 Å². The zero-order valence-electron chi connectivity index (χ0n) is 23.2. The third kappa shape index (κ3) is 4.90. The van der Waals surface area contributed by atoms with Crippen molar-refractivity contribution < 1.29 is 18.8 Å². The third-order valence-corrected chi connectivity index (χ3v) is 11.2. The maximum absolute atomic E-state index is 13.2. The number of oxime groups is 1. The van der Waals surface area contributed by atoms with E-state index in [0.717, 1.165) is 44.4 Å². The van der Waals surface area contributed by atoms with Crippen LogP contribution in [-0.4, -0.2) is 54.8 Å². The molecule has 4 fully saturated rings. The predicted molar refractivity (Wildman–Crippen MR) is 143 cm³/mol. The van der Waals surface area contributed by atoms with E-state index in [9.17, 15) is 14.0 Å². The number of nitrogens with one attached hydrogen (secondary N) is 1. The molecule has 0 radical (unpaired) electrons. The summed E-state index contributed by atoms with van der Waals surface area (Å²) in [6, 6.07) is 0.180. The molecule has 4 aliphatic carbocycles. The average molecular weight is 516 g/mol. The topological polar surface area (TPSA) is 71.0 Å². The van der Waals surface area contributed by atoms with Gasteiger partial charge < -0.3 is 10.2 Å². The van der Waals surface area contributed by atoms with Gasteiger partial charge in [-0.3, -0.25) is 9.63 Å². The molecule has 37 heavy (non-hydrogen) atoms. The highest BCUT2D eigenvalue weighted by atomic mass is 19.1. The Bertz CT molecular complexity index is 966. The van der Waals surface area contributed by atoms with E-state index in [2.05, 4.69) is 31.2 Å². The molecule has 206 valence electrons. The normalized spacial score (nSPS) is 41.5. The van der Waals surface area contributed by atoms with Crippen LogP contribution in [0.1, 0.15) is 85.5 Å². The van der Waals surface area contributed by atoms with E-state index in [4.69, 9.17) is 4.84 Å². The highest BCUT2D eigenvalue weighted by Gasteiger charge is 2.59. The van der Waals surface area contributed by atoms with Crippen molar-refractivity contribution >= 4 is 17.6 Å². The van der Waals surface area contributed by atoms with Crippen molar-refractivity contribution in [2.24, 2.45) is 45.6 Å². The molecular formula is C30H46FN3O3. The molecule has 1 N–H and O–H groups in total. The summed E-state index contributed by atoms with van der Waals surface area (Å²) < 4.78 is 13.2. The van der Waals surface area contributed by atoms with Crippen LogP contribution in [0, 0.1) is 40.4 Å². The molecule has 2 unspecified atom stereocenters. The lowest BCUT2D eigenvalue weighted by atomic mass is 9.46. The zero-order chi connectivity index (χ0) is 26.4. The van der Waals surface area contributed by atoms with E-state index >= 15 is 0 Å². The molecular weight excluding hydrogens is 469 g/mol. The monoisotopic (exact) mass is 515 g/mol. The van der Waals surface area contributed by atoms with Gasteiger partial charge in [0.2, 0.25) is 0 Å². The lowest BCUT2D eigenvalue weighted by Crippen LogP contribution is -2.51. The minimum absolute atomic E-state index is 0.0348. The molecule has 3 saturated carbocycles. The van der Waals surface area contributed by atoms with Gasteiger partial charge in [0.15, 0.2) is 5.78 Å². The molecule has 0 bridgehead atoms. The Kier molecular flexibility index (Phi) is 7.56. The van der Waals surface area contributed by atoms with E-state index in [1.807, 2.05) is 13.0 Å². The van der Waals surface area contributed by atoms with Gasteiger partial charge in [0.1, 0.15) is 6.67 Å². The number of ketones is 1. The van der Waals surface area contributed by atoms with Crippen LogP contribution in [0.3, 0.4) is 0 Å². The summed E-state index contributed by atoms with van der Waals surface area (Å²) in [5.74, 6) is 3.18. The first kappa shape index (κ1) is 26.8. The van der Waals surface area contributed by atoms with Crippen molar-refractivity contribution in [2.75, 3.05) is 26.3 Å². The molecule has 0 aromatic carbocycles. The van der Waals surface area contributed by atoms with Crippen molar-refractivity contribution in [3.63, 3.8) is 0 Å². The maximum Gasteiger partial charge on any atom is 0.436 e. The summed E-state index contributed by atoms with van der Waals surface area (Å²) in [5.41, 5.74) is 2.65. The summed E-state index contributed by atoms with van der Waals surface area (Å²) in [6.45, 7) is 9.88. The number of rotatable bonds is 6. The molecule has 6 nitrogen and oxygen atoms in total. The summed E-state index contributed by atoms with van der Waals surface area (Å²) in [7, 11) is 0. The summed E-state index contributed by atoms with van der Waals surface area (Å²) in [4.78, 5) is 31.8. The fourth-order valence-corrected chi connectivity index (χ4v) is 9.26. The van der Waals surface area contributed by atoms with E-state index in [0.29, 0.717) is 48.3 Å². The molecule has 1 saturated heterocycles. The molecule has 0 aromatic rings. The molecule has 0 spiro atoms. The fourth-order valence-electron chi connectivity index (χ4n) is 9.26. The SMILES string of the molecule is C/C(=N\OC(=O)N(CCF)CC1CC(C)CN1)[C@H]1CC[C@H]2[C@@H]3CCC4=CC(=O)CC[C@]4(C)[C@H]3CC[C@]12C. The summed E-state index contributed by atoms with van der Waals surface area (Å²) in [5, 5.41) is 7.78. The second kappa shape index (κ2) is 10.4. The highest BCUT2D eigenvalue weighted by molar-refractivity contribution is 5.91. The first-order valence-corrected chi connectivity index (χ1v) is 14.7. The van der Waals surface area contributed by atoms with E-state index in [1.54, 1.807) is 0 Å². The van der Waals surface area contributed by atoms with Crippen LogP contribution < -0.4 is 5.32 Å². The predicted octanol–water partition coefficient (Wildman–Crippen LogP) is 5.92. The van der Waals surface area contributed by atoms with Crippen LogP contribution in [0.5, 0.6) is 0 Å². The quantitative estimate of drug-likeness (QED) is 0.271. The van der Waals surface area contributed by atoms with Crippen LogP contribution in [0.4, 0.5) is 9.18 Å². The molecule has 5 aliphatic rings. The molecule has 5 rings (SSSR count). The second-order valence-corrected chi connectivity index (χ2v) is 13.3. The molecule has 1 aliphatic heterocycles.